The molecular weight excluding hydrogens is 340 g/mol. The van der Waals surface area contributed by atoms with E-state index >= 15 is 0 Å². The topological polar surface area (TPSA) is 67.2 Å². The number of aromatic nitrogens is 4. The standard InChI is InChI=1S/C20H19N6O/c1-24-12-15-10-14(2-4-17(15)23-24)18-11-20(27)26-13-16(3-5-19(26)22-18)25-8-6-21-7-9-25/h2-5,8,10-13,21H,6-7,9H2,1H3/q+1. The third kappa shape index (κ3) is 2.82. The highest BCUT2D eigenvalue weighted by atomic mass is 16.1. The predicted molar refractivity (Wildman–Crippen MR) is 105 cm³/mol. The van der Waals surface area contributed by atoms with E-state index in [9.17, 15) is 4.79 Å². The summed E-state index contributed by atoms with van der Waals surface area (Å²) >= 11 is 0. The molecule has 0 spiro atoms. The van der Waals surface area contributed by atoms with Crippen LogP contribution < -0.4 is 10.9 Å². The molecule has 0 saturated heterocycles. The van der Waals surface area contributed by atoms with E-state index in [-0.39, 0.29) is 5.56 Å². The Balaban J connectivity index is 1.61. The van der Waals surface area contributed by atoms with Gasteiger partial charge in [-0.25, -0.2) is 4.98 Å². The number of nitrogens with one attached hydrogen (secondary N) is 1. The van der Waals surface area contributed by atoms with Gasteiger partial charge in [-0.2, -0.15) is 9.67 Å². The number of nitrogens with zero attached hydrogens (tertiary/aromatic N) is 5. The minimum atomic E-state index is -0.0849. The number of rotatable bonds is 2. The Morgan fingerprint density at radius 2 is 2.07 bits per heavy atom. The quantitative estimate of drug-likeness (QED) is 0.552. The van der Waals surface area contributed by atoms with Gasteiger partial charge in [0.15, 0.2) is 12.8 Å². The van der Waals surface area contributed by atoms with E-state index in [4.69, 9.17) is 4.98 Å². The van der Waals surface area contributed by atoms with E-state index in [0.29, 0.717) is 11.3 Å². The van der Waals surface area contributed by atoms with Crippen LogP contribution in [0.4, 0.5) is 5.69 Å². The monoisotopic (exact) mass is 359 g/mol. The normalized spacial score (nSPS) is 14.6. The lowest BCUT2D eigenvalue weighted by molar-refractivity contribution is -0.438. The zero-order valence-electron chi connectivity index (χ0n) is 15.0. The third-order valence-electron chi connectivity index (χ3n) is 4.88. The number of hydrogen-bond donors (Lipinski definition) is 1. The molecule has 0 aliphatic carbocycles. The number of benzene rings is 1. The molecule has 0 fully saturated rings. The molecule has 0 unspecified atom stereocenters. The van der Waals surface area contributed by atoms with Crippen molar-refractivity contribution in [3.05, 3.63) is 59.1 Å². The average Bonchev–Trinajstić information content (AvgIpc) is 3.07. The van der Waals surface area contributed by atoms with E-state index in [1.54, 1.807) is 15.1 Å². The molecule has 3 aromatic heterocycles. The minimum Gasteiger partial charge on any atom is -0.302 e. The Hall–Kier alpha value is -3.32. The molecule has 0 radical (unpaired) electrons. The highest BCUT2D eigenvalue weighted by Crippen LogP contribution is 2.22. The first-order chi connectivity index (χ1) is 13.2. The number of aryl methyl sites for hydroxylation is 1. The zero-order chi connectivity index (χ0) is 18.4. The maximum absolute atomic E-state index is 12.7. The number of pyridine rings is 1. The second-order valence-electron chi connectivity index (χ2n) is 6.75. The fourth-order valence-corrected chi connectivity index (χ4v) is 3.52. The van der Waals surface area contributed by atoms with Crippen LogP contribution in [0.1, 0.15) is 0 Å². The van der Waals surface area contributed by atoms with Gasteiger partial charge in [0.1, 0.15) is 5.65 Å². The fraction of sp³-hybridized carbons (Fsp3) is 0.200. The second kappa shape index (κ2) is 6.14. The smallest absolute Gasteiger partial charge is 0.258 e. The van der Waals surface area contributed by atoms with Crippen LogP contribution in [-0.2, 0) is 7.05 Å². The minimum absolute atomic E-state index is 0.0849. The molecule has 1 aliphatic rings. The van der Waals surface area contributed by atoms with Gasteiger partial charge in [0.25, 0.3) is 5.56 Å². The molecule has 0 amide bonds. The fourth-order valence-electron chi connectivity index (χ4n) is 3.52. The first kappa shape index (κ1) is 15.9. The summed E-state index contributed by atoms with van der Waals surface area (Å²) in [5.41, 5.74) is 4.07. The van der Waals surface area contributed by atoms with E-state index in [1.165, 1.54) is 0 Å². The van der Waals surface area contributed by atoms with Crippen LogP contribution in [0.5, 0.6) is 0 Å². The van der Waals surface area contributed by atoms with Gasteiger partial charge in [0.2, 0.25) is 5.69 Å². The summed E-state index contributed by atoms with van der Waals surface area (Å²) < 4.78 is 5.55. The van der Waals surface area contributed by atoms with E-state index in [1.807, 2.05) is 49.8 Å². The summed E-state index contributed by atoms with van der Waals surface area (Å²) in [5.74, 6) is 0. The van der Waals surface area contributed by atoms with E-state index < -0.39 is 0 Å². The van der Waals surface area contributed by atoms with Gasteiger partial charge in [-0.1, -0.05) is 6.07 Å². The number of fused-ring (bicyclic) bond motifs is 2. The molecule has 0 atom stereocenters. The van der Waals surface area contributed by atoms with Crippen LogP contribution in [-0.4, -0.2) is 49.6 Å². The highest BCUT2D eigenvalue weighted by molar-refractivity contribution is 5.83. The molecular formula is C20H19N6O+. The Labute approximate surface area is 155 Å². The SMILES string of the molecule is Cn1cc2cc(-c3cc(=O)n4cc([N+]5=CCNCC5)ccc4n3)ccc2n1. The highest BCUT2D eigenvalue weighted by Gasteiger charge is 2.14. The number of hydrogen-bond acceptors (Lipinski definition) is 4. The Morgan fingerprint density at radius 3 is 2.93 bits per heavy atom. The van der Waals surface area contributed by atoms with Crippen LogP contribution in [0, 0.1) is 0 Å². The van der Waals surface area contributed by atoms with Crippen molar-refractivity contribution < 1.29 is 4.58 Å². The maximum atomic E-state index is 12.7. The Kier molecular flexibility index (Phi) is 3.61. The predicted octanol–water partition coefficient (Wildman–Crippen LogP) is 1.57. The lowest BCUT2D eigenvalue weighted by atomic mass is 10.1. The van der Waals surface area contributed by atoms with Crippen molar-refractivity contribution in [1.29, 1.82) is 0 Å². The summed E-state index contributed by atoms with van der Waals surface area (Å²) in [6, 6.07) is 11.4. The zero-order valence-corrected chi connectivity index (χ0v) is 15.0. The summed E-state index contributed by atoms with van der Waals surface area (Å²) in [5, 5.41) is 8.71. The largest absolute Gasteiger partial charge is 0.302 e. The molecule has 1 aromatic carbocycles. The third-order valence-corrected chi connectivity index (χ3v) is 4.88. The van der Waals surface area contributed by atoms with E-state index in [2.05, 4.69) is 21.2 Å². The molecule has 1 N–H and O–H groups in total. The van der Waals surface area contributed by atoms with Crippen LogP contribution in [0.2, 0.25) is 0 Å². The van der Waals surface area contributed by atoms with Crippen LogP contribution in [0.25, 0.3) is 27.8 Å². The first-order valence-corrected chi connectivity index (χ1v) is 8.95. The van der Waals surface area contributed by atoms with Gasteiger partial charge in [0, 0.05) is 36.3 Å². The average molecular weight is 359 g/mol. The maximum Gasteiger partial charge on any atom is 0.258 e. The molecule has 4 heterocycles. The molecule has 4 aromatic rings. The van der Waals surface area contributed by atoms with Crippen molar-refractivity contribution in [2.45, 2.75) is 0 Å². The van der Waals surface area contributed by atoms with Crippen LogP contribution in [0.3, 0.4) is 0 Å². The van der Waals surface area contributed by atoms with Gasteiger partial charge >= 0.3 is 0 Å². The molecule has 27 heavy (non-hydrogen) atoms. The van der Waals surface area contributed by atoms with Gasteiger partial charge in [-0.3, -0.25) is 13.9 Å². The summed E-state index contributed by atoms with van der Waals surface area (Å²) in [7, 11) is 1.90. The van der Waals surface area contributed by atoms with Gasteiger partial charge in [-0.05, 0) is 18.2 Å². The molecule has 5 rings (SSSR count). The lowest BCUT2D eigenvalue weighted by Crippen LogP contribution is -2.33. The second-order valence-corrected chi connectivity index (χ2v) is 6.75. The molecule has 7 heteroatoms. The van der Waals surface area contributed by atoms with Crippen LogP contribution >= 0.6 is 0 Å². The summed E-state index contributed by atoms with van der Waals surface area (Å²) in [4.78, 5) is 17.4. The van der Waals surface area contributed by atoms with Crippen molar-refractivity contribution in [1.82, 2.24) is 24.5 Å². The van der Waals surface area contributed by atoms with E-state index in [0.717, 1.165) is 41.8 Å². The Bertz CT molecular complexity index is 1270. The lowest BCUT2D eigenvalue weighted by Gasteiger charge is -2.10. The summed E-state index contributed by atoms with van der Waals surface area (Å²) in [6.45, 7) is 2.65. The van der Waals surface area contributed by atoms with Crippen molar-refractivity contribution in [3.8, 4) is 11.3 Å². The molecule has 0 saturated carbocycles. The van der Waals surface area contributed by atoms with Gasteiger partial charge in [-0.15, -0.1) is 0 Å². The first-order valence-electron chi connectivity index (χ1n) is 8.95. The summed E-state index contributed by atoms with van der Waals surface area (Å²) in [6.07, 6.45) is 5.92. The molecule has 7 nitrogen and oxygen atoms in total. The van der Waals surface area contributed by atoms with Crippen molar-refractivity contribution in [2.75, 3.05) is 19.6 Å². The Morgan fingerprint density at radius 1 is 1.15 bits per heavy atom. The molecule has 134 valence electrons. The van der Waals surface area contributed by atoms with Gasteiger partial charge < -0.3 is 5.32 Å². The molecule has 1 aliphatic heterocycles. The van der Waals surface area contributed by atoms with Crippen molar-refractivity contribution in [3.63, 3.8) is 0 Å². The van der Waals surface area contributed by atoms with Crippen molar-refractivity contribution >= 4 is 28.5 Å². The van der Waals surface area contributed by atoms with Gasteiger partial charge in [0.05, 0.1) is 30.5 Å². The van der Waals surface area contributed by atoms with Crippen LogP contribution in [0.15, 0.2) is 53.6 Å². The van der Waals surface area contributed by atoms with Crippen molar-refractivity contribution in [2.24, 2.45) is 7.05 Å². The molecule has 0 bridgehead atoms.